The van der Waals surface area contributed by atoms with Gasteiger partial charge in [-0.15, -0.1) is 0 Å². The molecular formula is C15H21BrO2. The van der Waals surface area contributed by atoms with Gasteiger partial charge in [0.15, 0.2) is 11.5 Å². The smallest absolute Gasteiger partial charge is 0.161 e. The van der Waals surface area contributed by atoms with Crippen LogP contribution in [0.1, 0.15) is 32.6 Å². The lowest BCUT2D eigenvalue weighted by Gasteiger charge is -2.12. The standard InChI is InChI=1S/C15H21BrO2/c1-2-17-14-7-3-4-8-15(14)18-11-5-6-13(16)12-9-10-12/h3-4,7-8,12-13H,2,5-6,9-11H2,1H3. The Hall–Kier alpha value is -0.700. The molecule has 1 aromatic rings. The van der Waals surface area contributed by atoms with E-state index in [0.717, 1.165) is 30.4 Å². The lowest BCUT2D eigenvalue weighted by molar-refractivity contribution is 0.270. The van der Waals surface area contributed by atoms with Gasteiger partial charge in [0.25, 0.3) is 0 Å². The van der Waals surface area contributed by atoms with Crippen molar-refractivity contribution < 1.29 is 9.47 Å². The molecule has 0 radical (unpaired) electrons. The molecule has 1 fully saturated rings. The zero-order chi connectivity index (χ0) is 12.8. The van der Waals surface area contributed by atoms with E-state index in [9.17, 15) is 0 Å². The predicted octanol–water partition coefficient (Wildman–Crippen LogP) is 4.42. The largest absolute Gasteiger partial charge is 0.490 e. The highest BCUT2D eigenvalue weighted by molar-refractivity contribution is 9.09. The molecule has 3 heteroatoms. The van der Waals surface area contributed by atoms with E-state index in [0.29, 0.717) is 11.4 Å². The molecule has 2 nitrogen and oxygen atoms in total. The van der Waals surface area contributed by atoms with Crippen molar-refractivity contribution in [3.8, 4) is 11.5 Å². The molecule has 0 aromatic heterocycles. The van der Waals surface area contributed by atoms with Crippen molar-refractivity contribution in [1.82, 2.24) is 0 Å². The van der Waals surface area contributed by atoms with E-state index < -0.39 is 0 Å². The summed E-state index contributed by atoms with van der Waals surface area (Å²) in [5.41, 5.74) is 0. The van der Waals surface area contributed by atoms with Crippen molar-refractivity contribution in [1.29, 1.82) is 0 Å². The molecule has 1 aromatic carbocycles. The number of ether oxygens (including phenoxy) is 2. The second-order valence-electron chi connectivity index (χ2n) is 4.72. The Morgan fingerprint density at radius 3 is 2.50 bits per heavy atom. The van der Waals surface area contributed by atoms with Gasteiger partial charge in [0, 0.05) is 4.83 Å². The van der Waals surface area contributed by atoms with Crippen molar-refractivity contribution in [3.05, 3.63) is 24.3 Å². The van der Waals surface area contributed by atoms with Gasteiger partial charge in [0.2, 0.25) is 0 Å². The quantitative estimate of drug-likeness (QED) is 0.522. The normalized spacial score (nSPS) is 16.3. The molecule has 1 atom stereocenters. The van der Waals surface area contributed by atoms with Crippen LogP contribution < -0.4 is 9.47 Å². The van der Waals surface area contributed by atoms with Crippen LogP contribution in [0.15, 0.2) is 24.3 Å². The van der Waals surface area contributed by atoms with E-state index in [1.807, 2.05) is 31.2 Å². The van der Waals surface area contributed by atoms with Gasteiger partial charge in [-0.25, -0.2) is 0 Å². The van der Waals surface area contributed by atoms with Gasteiger partial charge in [0.1, 0.15) is 0 Å². The van der Waals surface area contributed by atoms with Crippen molar-refractivity contribution in [2.24, 2.45) is 5.92 Å². The zero-order valence-corrected chi connectivity index (χ0v) is 12.5. The Balaban J connectivity index is 1.71. The topological polar surface area (TPSA) is 18.5 Å². The molecule has 2 rings (SSSR count). The minimum atomic E-state index is 0.672. The molecule has 0 N–H and O–H groups in total. The van der Waals surface area contributed by atoms with E-state index in [2.05, 4.69) is 15.9 Å². The highest BCUT2D eigenvalue weighted by Crippen LogP contribution is 2.38. The van der Waals surface area contributed by atoms with Crippen molar-refractivity contribution in [3.63, 3.8) is 0 Å². The zero-order valence-electron chi connectivity index (χ0n) is 10.9. The van der Waals surface area contributed by atoms with Crippen LogP contribution in [0, 0.1) is 5.92 Å². The van der Waals surface area contributed by atoms with Crippen LogP contribution >= 0.6 is 15.9 Å². The third-order valence-electron chi connectivity index (χ3n) is 3.16. The van der Waals surface area contributed by atoms with Crippen molar-refractivity contribution in [2.45, 2.75) is 37.4 Å². The summed E-state index contributed by atoms with van der Waals surface area (Å²) in [4.78, 5) is 0.684. The highest BCUT2D eigenvalue weighted by Gasteiger charge is 2.28. The number of halogens is 1. The molecule has 0 amide bonds. The van der Waals surface area contributed by atoms with E-state index in [1.165, 1.54) is 19.3 Å². The Bertz CT molecular complexity index is 363. The van der Waals surface area contributed by atoms with Gasteiger partial charge in [-0.2, -0.15) is 0 Å². The molecule has 18 heavy (non-hydrogen) atoms. The number of hydrogen-bond acceptors (Lipinski definition) is 2. The summed E-state index contributed by atoms with van der Waals surface area (Å²) in [7, 11) is 0. The Morgan fingerprint density at radius 1 is 1.22 bits per heavy atom. The van der Waals surface area contributed by atoms with Crippen LogP contribution in [-0.4, -0.2) is 18.0 Å². The van der Waals surface area contributed by atoms with E-state index in [1.54, 1.807) is 0 Å². The molecule has 100 valence electrons. The molecule has 1 aliphatic rings. The number of benzene rings is 1. The number of hydrogen-bond donors (Lipinski definition) is 0. The van der Waals surface area contributed by atoms with Gasteiger partial charge in [0.05, 0.1) is 13.2 Å². The fourth-order valence-corrected chi connectivity index (χ4v) is 2.85. The fraction of sp³-hybridized carbons (Fsp3) is 0.600. The third kappa shape index (κ3) is 4.20. The monoisotopic (exact) mass is 312 g/mol. The number of alkyl halides is 1. The first-order chi connectivity index (χ1) is 8.81. The number of para-hydroxylation sites is 2. The second-order valence-corrected chi connectivity index (χ2v) is 5.90. The summed E-state index contributed by atoms with van der Waals surface area (Å²) in [5, 5.41) is 0. The van der Waals surface area contributed by atoms with Crippen LogP contribution in [0.5, 0.6) is 11.5 Å². The first-order valence-electron chi connectivity index (χ1n) is 6.80. The Kier molecular flexibility index (Phi) is 5.36. The highest BCUT2D eigenvalue weighted by atomic mass is 79.9. The Morgan fingerprint density at radius 2 is 1.89 bits per heavy atom. The molecule has 0 spiro atoms. The third-order valence-corrected chi connectivity index (χ3v) is 4.37. The molecule has 0 heterocycles. The lowest BCUT2D eigenvalue weighted by atomic mass is 10.2. The molecule has 0 aliphatic heterocycles. The lowest BCUT2D eigenvalue weighted by Crippen LogP contribution is -2.05. The fourth-order valence-electron chi connectivity index (χ4n) is 2.00. The van der Waals surface area contributed by atoms with Gasteiger partial charge >= 0.3 is 0 Å². The summed E-state index contributed by atoms with van der Waals surface area (Å²) < 4.78 is 11.3. The summed E-state index contributed by atoms with van der Waals surface area (Å²) in [5.74, 6) is 2.62. The SMILES string of the molecule is CCOc1ccccc1OCCCC(Br)C1CC1. The minimum absolute atomic E-state index is 0.672. The van der Waals surface area contributed by atoms with E-state index in [4.69, 9.17) is 9.47 Å². The van der Waals surface area contributed by atoms with E-state index >= 15 is 0 Å². The summed E-state index contributed by atoms with van der Waals surface area (Å²) in [6.45, 7) is 3.42. The van der Waals surface area contributed by atoms with Crippen LogP contribution in [0.3, 0.4) is 0 Å². The summed E-state index contributed by atoms with van der Waals surface area (Å²) >= 11 is 3.75. The van der Waals surface area contributed by atoms with Crippen LogP contribution in [0.25, 0.3) is 0 Å². The second kappa shape index (κ2) is 7.03. The minimum Gasteiger partial charge on any atom is -0.490 e. The van der Waals surface area contributed by atoms with Crippen LogP contribution in [0.4, 0.5) is 0 Å². The molecule has 0 saturated heterocycles. The summed E-state index contributed by atoms with van der Waals surface area (Å²) in [6.07, 6.45) is 5.07. The Labute approximate surface area is 118 Å². The molecule has 0 bridgehead atoms. The summed E-state index contributed by atoms with van der Waals surface area (Å²) in [6, 6.07) is 7.88. The van der Waals surface area contributed by atoms with Gasteiger partial charge in [-0.3, -0.25) is 0 Å². The molecule has 1 unspecified atom stereocenters. The van der Waals surface area contributed by atoms with Crippen LogP contribution in [0.2, 0.25) is 0 Å². The maximum absolute atomic E-state index is 5.79. The van der Waals surface area contributed by atoms with Gasteiger partial charge in [-0.05, 0) is 50.7 Å². The first kappa shape index (κ1) is 13.7. The van der Waals surface area contributed by atoms with Gasteiger partial charge in [-0.1, -0.05) is 28.1 Å². The van der Waals surface area contributed by atoms with Crippen molar-refractivity contribution >= 4 is 15.9 Å². The molecular weight excluding hydrogens is 292 g/mol. The number of rotatable bonds is 8. The predicted molar refractivity (Wildman–Crippen MR) is 77.8 cm³/mol. The van der Waals surface area contributed by atoms with Crippen molar-refractivity contribution in [2.75, 3.05) is 13.2 Å². The van der Waals surface area contributed by atoms with Crippen LogP contribution in [-0.2, 0) is 0 Å². The average Bonchev–Trinajstić information content (AvgIpc) is 3.21. The van der Waals surface area contributed by atoms with E-state index in [-0.39, 0.29) is 0 Å². The average molecular weight is 313 g/mol. The first-order valence-corrected chi connectivity index (χ1v) is 7.71. The van der Waals surface area contributed by atoms with Gasteiger partial charge < -0.3 is 9.47 Å². The maximum atomic E-state index is 5.79. The molecule has 1 aliphatic carbocycles. The molecule has 1 saturated carbocycles. The maximum Gasteiger partial charge on any atom is 0.161 e.